The summed E-state index contributed by atoms with van der Waals surface area (Å²) in [7, 11) is 0. The summed E-state index contributed by atoms with van der Waals surface area (Å²) in [6, 6.07) is 17.2. The quantitative estimate of drug-likeness (QED) is 0.230. The van der Waals surface area contributed by atoms with Gasteiger partial charge in [0.2, 0.25) is 0 Å². The summed E-state index contributed by atoms with van der Waals surface area (Å²) in [5, 5.41) is 14.6. The molecule has 2 amide bonds. The van der Waals surface area contributed by atoms with Crippen LogP contribution in [0.2, 0.25) is 0 Å². The van der Waals surface area contributed by atoms with Crippen LogP contribution in [0.15, 0.2) is 71.4 Å². The Balaban J connectivity index is 1.85. The highest BCUT2D eigenvalue weighted by molar-refractivity contribution is 6.19. The van der Waals surface area contributed by atoms with Crippen LogP contribution in [0, 0.1) is 18.3 Å². The molecule has 40 heavy (non-hydrogen) atoms. The molecule has 0 atom stereocenters. The Bertz CT molecular complexity index is 1570. The maximum absolute atomic E-state index is 13.5. The Kier molecular flexibility index (Phi) is 8.29. The van der Waals surface area contributed by atoms with E-state index in [-0.39, 0.29) is 36.0 Å². The number of aromatic nitrogens is 2. The van der Waals surface area contributed by atoms with Gasteiger partial charge in [-0.15, -0.1) is 0 Å². The molecule has 2 heterocycles. The third-order valence-corrected chi connectivity index (χ3v) is 6.32. The van der Waals surface area contributed by atoms with Crippen molar-refractivity contribution in [1.82, 2.24) is 14.7 Å². The van der Waals surface area contributed by atoms with Crippen LogP contribution in [0.25, 0.3) is 23.0 Å². The zero-order chi connectivity index (χ0) is 29.0. The largest absolute Gasteiger partial charge is 0.491 e. The Labute approximate surface area is 232 Å². The molecule has 1 aliphatic rings. The first kappa shape index (κ1) is 28.0. The minimum Gasteiger partial charge on any atom is -0.491 e. The summed E-state index contributed by atoms with van der Waals surface area (Å²) in [5.74, 6) is -1.06. The van der Waals surface area contributed by atoms with E-state index in [0.29, 0.717) is 11.3 Å². The van der Waals surface area contributed by atoms with E-state index >= 15 is 0 Å². The number of para-hydroxylation sites is 1. The smallest absolute Gasteiger partial charge is 0.302 e. The number of hydrogen-bond donors (Lipinski definition) is 0. The number of carbonyl (C=O) groups excluding carboxylic acids is 3. The maximum atomic E-state index is 13.5. The van der Waals surface area contributed by atoms with Crippen molar-refractivity contribution in [2.45, 2.75) is 40.7 Å². The number of amides is 2. The third-order valence-electron chi connectivity index (χ3n) is 6.32. The van der Waals surface area contributed by atoms with Gasteiger partial charge in [0.25, 0.3) is 11.8 Å². The Hall–Kier alpha value is -4.97. The van der Waals surface area contributed by atoms with Crippen LogP contribution in [0.5, 0.6) is 5.75 Å². The molecule has 0 saturated carbocycles. The predicted octanol–water partition coefficient (Wildman–Crippen LogP) is 4.79. The Morgan fingerprint density at radius 1 is 1.10 bits per heavy atom. The van der Waals surface area contributed by atoms with E-state index < -0.39 is 17.8 Å². The summed E-state index contributed by atoms with van der Waals surface area (Å²) in [5.41, 5.74) is 4.11. The van der Waals surface area contributed by atoms with E-state index in [0.717, 1.165) is 27.5 Å². The normalized spacial score (nSPS) is 14.6. The number of hydrogen-bond acceptors (Lipinski definition) is 7. The Morgan fingerprint density at radius 2 is 1.82 bits per heavy atom. The molecule has 0 aliphatic carbocycles. The molecule has 3 aromatic rings. The molecule has 204 valence electrons. The minimum atomic E-state index is -0.717. The molecule has 0 N–H and O–H groups in total. The van der Waals surface area contributed by atoms with Gasteiger partial charge >= 0.3 is 5.97 Å². The summed E-state index contributed by atoms with van der Waals surface area (Å²) in [6.45, 7) is 8.37. The SMILES string of the molecule is CC(=O)OCCN1C(=O)C(C#N)=C(C)/C(=C\c2cn(-c3ccccc3)nc2-c2ccc(OC(C)C)c(C)c2)C1=O. The van der Waals surface area contributed by atoms with Crippen LogP contribution in [-0.2, 0) is 19.1 Å². The lowest BCUT2D eigenvalue weighted by Crippen LogP contribution is -2.44. The number of carbonyl (C=O) groups is 3. The molecule has 4 rings (SSSR count). The summed E-state index contributed by atoms with van der Waals surface area (Å²) in [4.78, 5) is 38.6. The lowest BCUT2D eigenvalue weighted by Gasteiger charge is -2.27. The van der Waals surface area contributed by atoms with E-state index in [4.69, 9.17) is 14.6 Å². The van der Waals surface area contributed by atoms with Crippen LogP contribution >= 0.6 is 0 Å². The van der Waals surface area contributed by atoms with E-state index in [2.05, 4.69) is 0 Å². The molecule has 2 aromatic carbocycles. The minimum absolute atomic E-state index is 0.0232. The highest BCUT2D eigenvalue weighted by Crippen LogP contribution is 2.33. The number of aryl methyl sites for hydroxylation is 1. The molecular formula is C31H30N4O5. The molecule has 0 radical (unpaired) electrons. The van der Waals surface area contributed by atoms with Crippen molar-refractivity contribution in [3.05, 3.63) is 82.6 Å². The van der Waals surface area contributed by atoms with Gasteiger partial charge < -0.3 is 9.47 Å². The van der Waals surface area contributed by atoms with Crippen molar-refractivity contribution in [2.24, 2.45) is 0 Å². The van der Waals surface area contributed by atoms with E-state index in [1.165, 1.54) is 6.92 Å². The molecule has 9 heteroatoms. The third kappa shape index (κ3) is 5.86. The zero-order valence-corrected chi connectivity index (χ0v) is 23.1. The number of benzene rings is 2. The Morgan fingerprint density at radius 3 is 2.45 bits per heavy atom. The van der Waals surface area contributed by atoms with Crippen LogP contribution < -0.4 is 4.74 Å². The van der Waals surface area contributed by atoms with Gasteiger partial charge in [0.1, 0.15) is 24.0 Å². The molecule has 0 unspecified atom stereocenters. The molecule has 0 saturated heterocycles. The first-order chi connectivity index (χ1) is 19.1. The predicted molar refractivity (Wildman–Crippen MR) is 149 cm³/mol. The molecule has 1 aromatic heterocycles. The molecule has 0 spiro atoms. The van der Waals surface area contributed by atoms with E-state index in [9.17, 15) is 19.6 Å². The highest BCUT2D eigenvalue weighted by atomic mass is 16.5. The second kappa shape index (κ2) is 11.8. The summed E-state index contributed by atoms with van der Waals surface area (Å²) < 4.78 is 12.6. The fraction of sp³-hybridized carbons (Fsp3) is 0.258. The lowest BCUT2D eigenvalue weighted by atomic mass is 9.93. The van der Waals surface area contributed by atoms with Gasteiger partial charge in [-0.05, 0) is 75.2 Å². The lowest BCUT2D eigenvalue weighted by molar-refractivity contribution is -0.147. The standard InChI is InChI=1S/C31H30N4O5/c1-19(2)40-28-12-11-23(15-20(28)3)29-24(18-35(33-29)25-9-7-6-8-10-25)16-26-21(4)27(17-32)31(38)34(30(26)37)13-14-39-22(5)36/h6-12,15-16,18-19H,13-14H2,1-5H3/b26-16+. The summed E-state index contributed by atoms with van der Waals surface area (Å²) in [6.07, 6.45) is 3.48. The van der Waals surface area contributed by atoms with Crippen molar-refractivity contribution < 1.29 is 23.9 Å². The second-order valence-corrected chi connectivity index (χ2v) is 9.63. The topological polar surface area (TPSA) is 115 Å². The van der Waals surface area contributed by atoms with Gasteiger partial charge in [-0.1, -0.05) is 18.2 Å². The monoisotopic (exact) mass is 538 g/mol. The molecule has 0 fully saturated rings. The van der Waals surface area contributed by atoms with Crippen LogP contribution in [0.4, 0.5) is 0 Å². The van der Waals surface area contributed by atoms with Gasteiger partial charge in [-0.3, -0.25) is 19.3 Å². The van der Waals surface area contributed by atoms with E-state index in [1.54, 1.807) is 23.9 Å². The average Bonchev–Trinajstić information content (AvgIpc) is 3.34. The van der Waals surface area contributed by atoms with Gasteiger partial charge in [-0.25, -0.2) is 4.68 Å². The number of ether oxygens (including phenoxy) is 2. The van der Waals surface area contributed by atoms with Gasteiger partial charge in [0.05, 0.1) is 24.0 Å². The molecule has 1 aliphatic heterocycles. The van der Waals surface area contributed by atoms with Crippen molar-refractivity contribution in [3.8, 4) is 28.8 Å². The first-order valence-corrected chi connectivity index (χ1v) is 12.9. The second-order valence-electron chi connectivity index (χ2n) is 9.63. The van der Waals surface area contributed by atoms with Crippen molar-refractivity contribution in [1.29, 1.82) is 5.26 Å². The molecule has 9 nitrogen and oxygen atoms in total. The van der Waals surface area contributed by atoms with Crippen LogP contribution in [-0.4, -0.2) is 51.7 Å². The van der Waals surface area contributed by atoms with Crippen molar-refractivity contribution in [2.75, 3.05) is 13.2 Å². The van der Waals surface area contributed by atoms with Gasteiger partial charge in [0, 0.05) is 29.8 Å². The zero-order valence-electron chi connectivity index (χ0n) is 23.1. The van der Waals surface area contributed by atoms with Crippen LogP contribution in [0.3, 0.4) is 0 Å². The molecule has 0 bridgehead atoms. The fourth-order valence-corrected chi connectivity index (χ4v) is 4.38. The van der Waals surface area contributed by atoms with Crippen molar-refractivity contribution >= 4 is 23.9 Å². The summed E-state index contributed by atoms with van der Waals surface area (Å²) >= 11 is 0. The fourth-order valence-electron chi connectivity index (χ4n) is 4.38. The number of nitriles is 1. The highest BCUT2D eigenvalue weighted by Gasteiger charge is 2.35. The number of nitrogens with zero attached hydrogens (tertiary/aromatic N) is 4. The molecular weight excluding hydrogens is 508 g/mol. The number of imide groups is 1. The first-order valence-electron chi connectivity index (χ1n) is 12.9. The van der Waals surface area contributed by atoms with Crippen molar-refractivity contribution in [3.63, 3.8) is 0 Å². The number of rotatable bonds is 8. The number of esters is 1. The van der Waals surface area contributed by atoms with Gasteiger partial charge in [-0.2, -0.15) is 10.4 Å². The maximum Gasteiger partial charge on any atom is 0.302 e. The average molecular weight is 539 g/mol. The van der Waals surface area contributed by atoms with E-state index in [1.807, 2.05) is 75.4 Å². The van der Waals surface area contributed by atoms with Crippen LogP contribution in [0.1, 0.15) is 38.8 Å². The van der Waals surface area contributed by atoms with Gasteiger partial charge in [0.15, 0.2) is 0 Å².